The summed E-state index contributed by atoms with van der Waals surface area (Å²) in [6.45, 7) is 9.54. The minimum Gasteiger partial charge on any atom is -0.298 e. The van der Waals surface area contributed by atoms with Crippen molar-refractivity contribution in [1.29, 1.82) is 5.26 Å². The second-order valence-electron chi connectivity index (χ2n) is 5.45. The summed E-state index contributed by atoms with van der Waals surface area (Å²) in [6.07, 6.45) is 0.776. The Morgan fingerprint density at radius 2 is 1.63 bits per heavy atom. The number of nitriles is 1. The van der Waals surface area contributed by atoms with Gasteiger partial charge in [0.25, 0.3) is 0 Å². The molecule has 0 fully saturated rings. The van der Waals surface area contributed by atoms with Crippen molar-refractivity contribution in [2.45, 2.75) is 52.1 Å². The normalized spacial score (nSPS) is 13.0. The van der Waals surface area contributed by atoms with E-state index in [1.807, 2.05) is 0 Å². The number of hydrogen-bond acceptors (Lipinski definition) is 2. The molecule has 0 saturated carbocycles. The molecule has 0 aliphatic heterocycles. The predicted octanol–water partition coefficient (Wildman–Crippen LogP) is 3.94. The number of halogens is 1. The van der Waals surface area contributed by atoms with Crippen LogP contribution in [0.3, 0.4) is 0 Å². The van der Waals surface area contributed by atoms with Gasteiger partial charge in [-0.15, -0.1) is 0 Å². The highest BCUT2D eigenvalue weighted by molar-refractivity contribution is 5.25. The van der Waals surface area contributed by atoms with Crippen LogP contribution in [0.4, 0.5) is 4.39 Å². The van der Waals surface area contributed by atoms with Gasteiger partial charge in [-0.1, -0.05) is 12.1 Å². The minimum atomic E-state index is -0.258. The molecule has 0 heterocycles. The average molecular weight is 262 g/mol. The van der Waals surface area contributed by atoms with Gasteiger partial charge in [0.2, 0.25) is 0 Å². The fourth-order valence-electron chi connectivity index (χ4n) is 2.39. The SMILES string of the molecule is CC(C)N(CC[C@H](C#N)c1ccc(F)cc1)C(C)C. The number of rotatable bonds is 6. The molecule has 0 bridgehead atoms. The zero-order valence-corrected chi connectivity index (χ0v) is 12.2. The first-order chi connectivity index (χ1) is 8.95. The highest BCUT2D eigenvalue weighted by Crippen LogP contribution is 2.20. The smallest absolute Gasteiger partial charge is 0.123 e. The van der Waals surface area contributed by atoms with Gasteiger partial charge in [-0.3, -0.25) is 4.90 Å². The molecular formula is C16H23FN2. The molecule has 0 saturated heterocycles. The van der Waals surface area contributed by atoms with Crippen molar-refractivity contribution in [2.24, 2.45) is 0 Å². The first kappa shape index (κ1) is 15.7. The Morgan fingerprint density at radius 1 is 1.11 bits per heavy atom. The van der Waals surface area contributed by atoms with Crippen LogP contribution in [0.2, 0.25) is 0 Å². The molecule has 2 nitrogen and oxygen atoms in total. The molecule has 0 N–H and O–H groups in total. The van der Waals surface area contributed by atoms with Gasteiger partial charge in [-0.25, -0.2) is 4.39 Å². The van der Waals surface area contributed by atoms with E-state index >= 15 is 0 Å². The molecule has 104 valence electrons. The maximum Gasteiger partial charge on any atom is 0.123 e. The van der Waals surface area contributed by atoms with Crippen LogP contribution < -0.4 is 0 Å². The maximum atomic E-state index is 12.9. The van der Waals surface area contributed by atoms with E-state index < -0.39 is 0 Å². The monoisotopic (exact) mass is 262 g/mol. The van der Waals surface area contributed by atoms with Crippen molar-refractivity contribution in [3.8, 4) is 6.07 Å². The van der Waals surface area contributed by atoms with E-state index in [9.17, 15) is 9.65 Å². The van der Waals surface area contributed by atoms with E-state index in [1.165, 1.54) is 12.1 Å². The van der Waals surface area contributed by atoms with E-state index in [-0.39, 0.29) is 11.7 Å². The molecule has 0 amide bonds. The Morgan fingerprint density at radius 3 is 2.05 bits per heavy atom. The third kappa shape index (κ3) is 4.65. The molecule has 0 radical (unpaired) electrons. The van der Waals surface area contributed by atoms with Gasteiger partial charge < -0.3 is 0 Å². The third-order valence-corrected chi connectivity index (χ3v) is 3.43. The van der Waals surface area contributed by atoms with Crippen LogP contribution in [0.5, 0.6) is 0 Å². The fraction of sp³-hybridized carbons (Fsp3) is 0.562. The second-order valence-corrected chi connectivity index (χ2v) is 5.45. The van der Waals surface area contributed by atoms with E-state index in [0.717, 1.165) is 18.5 Å². The van der Waals surface area contributed by atoms with Crippen molar-refractivity contribution in [3.05, 3.63) is 35.6 Å². The zero-order valence-electron chi connectivity index (χ0n) is 12.2. The van der Waals surface area contributed by atoms with Crippen LogP contribution in [0.25, 0.3) is 0 Å². The molecule has 0 aliphatic rings. The molecule has 1 rings (SSSR count). The summed E-state index contributed by atoms with van der Waals surface area (Å²) in [5.41, 5.74) is 0.899. The summed E-state index contributed by atoms with van der Waals surface area (Å²) in [4.78, 5) is 2.37. The van der Waals surface area contributed by atoms with Crippen LogP contribution >= 0.6 is 0 Å². The molecule has 3 heteroatoms. The number of nitrogens with zero attached hydrogens (tertiary/aromatic N) is 2. The average Bonchev–Trinajstić information content (AvgIpc) is 2.35. The lowest BCUT2D eigenvalue weighted by Gasteiger charge is -2.31. The number of benzene rings is 1. The molecule has 1 aromatic carbocycles. The minimum absolute atomic E-state index is 0.166. The predicted molar refractivity (Wildman–Crippen MR) is 76.3 cm³/mol. The number of hydrogen-bond donors (Lipinski definition) is 0. The Hall–Kier alpha value is -1.40. The second kappa shape index (κ2) is 7.25. The topological polar surface area (TPSA) is 27.0 Å². The Balaban J connectivity index is 2.68. The summed E-state index contributed by atoms with van der Waals surface area (Å²) < 4.78 is 12.9. The molecule has 19 heavy (non-hydrogen) atoms. The summed E-state index contributed by atoms with van der Waals surface area (Å²) in [6, 6.07) is 9.50. The largest absolute Gasteiger partial charge is 0.298 e. The first-order valence-corrected chi connectivity index (χ1v) is 6.86. The Bertz CT molecular complexity index is 409. The van der Waals surface area contributed by atoms with Crippen molar-refractivity contribution >= 4 is 0 Å². The summed E-state index contributed by atoms with van der Waals surface area (Å²) in [5.74, 6) is -0.424. The molecule has 0 aromatic heterocycles. The fourth-order valence-corrected chi connectivity index (χ4v) is 2.39. The van der Waals surface area contributed by atoms with Gasteiger partial charge in [0.15, 0.2) is 0 Å². The molecule has 0 spiro atoms. The van der Waals surface area contributed by atoms with Crippen LogP contribution in [0.1, 0.15) is 45.6 Å². The van der Waals surface area contributed by atoms with Crippen molar-refractivity contribution in [2.75, 3.05) is 6.54 Å². The lowest BCUT2D eigenvalue weighted by molar-refractivity contribution is 0.171. The van der Waals surface area contributed by atoms with E-state index in [4.69, 9.17) is 0 Å². The summed E-state index contributed by atoms with van der Waals surface area (Å²) in [5, 5.41) is 9.28. The van der Waals surface area contributed by atoms with Crippen LogP contribution in [-0.2, 0) is 0 Å². The van der Waals surface area contributed by atoms with E-state index in [1.54, 1.807) is 12.1 Å². The van der Waals surface area contributed by atoms with Crippen molar-refractivity contribution in [1.82, 2.24) is 4.90 Å². The van der Waals surface area contributed by atoms with Gasteiger partial charge in [-0.05, 0) is 51.8 Å². The molecule has 0 unspecified atom stereocenters. The van der Waals surface area contributed by atoms with Gasteiger partial charge >= 0.3 is 0 Å². The molecular weight excluding hydrogens is 239 g/mol. The van der Waals surface area contributed by atoms with Gasteiger partial charge in [-0.2, -0.15) is 5.26 Å². The molecule has 0 aliphatic carbocycles. The van der Waals surface area contributed by atoms with E-state index in [2.05, 4.69) is 38.7 Å². The first-order valence-electron chi connectivity index (χ1n) is 6.86. The van der Waals surface area contributed by atoms with Crippen LogP contribution in [-0.4, -0.2) is 23.5 Å². The summed E-state index contributed by atoms with van der Waals surface area (Å²) >= 11 is 0. The lowest BCUT2D eigenvalue weighted by atomic mass is 9.96. The van der Waals surface area contributed by atoms with Gasteiger partial charge in [0, 0.05) is 18.6 Å². The molecule has 1 atom stereocenters. The van der Waals surface area contributed by atoms with Crippen LogP contribution in [0, 0.1) is 17.1 Å². The van der Waals surface area contributed by atoms with Crippen molar-refractivity contribution < 1.29 is 4.39 Å². The maximum absolute atomic E-state index is 12.9. The standard InChI is InChI=1S/C16H23FN2/c1-12(2)19(13(3)4)10-9-15(11-18)14-5-7-16(17)8-6-14/h5-8,12-13,15H,9-10H2,1-4H3/t15-/m1/s1. The Kier molecular flexibility index (Phi) is 5.98. The van der Waals surface area contributed by atoms with Crippen molar-refractivity contribution in [3.63, 3.8) is 0 Å². The van der Waals surface area contributed by atoms with Gasteiger partial charge in [0.05, 0.1) is 12.0 Å². The van der Waals surface area contributed by atoms with E-state index in [0.29, 0.717) is 12.1 Å². The van der Waals surface area contributed by atoms with Crippen LogP contribution in [0.15, 0.2) is 24.3 Å². The van der Waals surface area contributed by atoms with Gasteiger partial charge in [0.1, 0.15) is 5.82 Å². The highest BCUT2D eigenvalue weighted by Gasteiger charge is 2.17. The summed E-state index contributed by atoms with van der Waals surface area (Å²) in [7, 11) is 0. The highest BCUT2D eigenvalue weighted by atomic mass is 19.1. The Labute approximate surface area is 115 Å². The molecule has 1 aromatic rings. The third-order valence-electron chi connectivity index (χ3n) is 3.43. The lowest BCUT2D eigenvalue weighted by Crippen LogP contribution is -2.38. The quantitative estimate of drug-likeness (QED) is 0.776. The zero-order chi connectivity index (χ0) is 14.4.